The van der Waals surface area contributed by atoms with E-state index in [1.54, 1.807) is 12.1 Å². The van der Waals surface area contributed by atoms with Crippen molar-refractivity contribution in [1.29, 1.82) is 0 Å². The van der Waals surface area contributed by atoms with Gasteiger partial charge in [-0.15, -0.1) is 0 Å². The summed E-state index contributed by atoms with van der Waals surface area (Å²) in [5.41, 5.74) is 0.893. The molecular weight excluding hydrogens is 366 g/mol. The van der Waals surface area contributed by atoms with Crippen molar-refractivity contribution in [1.82, 2.24) is 10.2 Å². The molecule has 25 heavy (non-hydrogen) atoms. The first kappa shape index (κ1) is 21.9. The molecule has 0 spiro atoms. The largest absolute Gasteiger partial charge is 1.00 e. The lowest BCUT2D eigenvalue weighted by atomic mass is 10.2. The fraction of sp³-hybridized carbons (Fsp3) is 0.444. The lowest BCUT2D eigenvalue weighted by molar-refractivity contribution is -0.00100. The van der Waals surface area contributed by atoms with E-state index in [2.05, 4.69) is 10.2 Å². The molecule has 4 nitrogen and oxygen atoms in total. The van der Waals surface area contributed by atoms with Gasteiger partial charge in [0.2, 0.25) is 0 Å². The summed E-state index contributed by atoms with van der Waals surface area (Å²) in [6, 6.07) is 10.2. The molecule has 0 atom stereocenters. The fourth-order valence-corrected chi connectivity index (χ4v) is 2.71. The third-order valence-electron chi connectivity index (χ3n) is 4.02. The van der Waals surface area contributed by atoms with Crippen LogP contribution in [0, 0.1) is 5.82 Å². The minimum Gasteiger partial charge on any atom is -1.00 e. The van der Waals surface area contributed by atoms with Crippen LogP contribution >= 0.6 is 0 Å². The summed E-state index contributed by atoms with van der Waals surface area (Å²) >= 11 is 0. The van der Waals surface area contributed by atoms with E-state index in [1.165, 1.54) is 12.1 Å². The van der Waals surface area contributed by atoms with Gasteiger partial charge < -0.3 is 39.3 Å². The van der Waals surface area contributed by atoms with Gasteiger partial charge in [0.05, 0.1) is 19.8 Å². The van der Waals surface area contributed by atoms with Gasteiger partial charge in [-0.25, -0.2) is 4.39 Å². The molecule has 1 saturated heterocycles. The normalized spacial score (nSPS) is 14.6. The highest BCUT2D eigenvalue weighted by molar-refractivity contribution is 5.57. The quantitative estimate of drug-likeness (QED) is 0.510. The molecule has 0 saturated carbocycles. The first-order chi connectivity index (χ1) is 11.3. The second-order valence-electron chi connectivity index (χ2n) is 5.76. The second-order valence-corrected chi connectivity index (χ2v) is 5.76. The van der Waals surface area contributed by atoms with Crippen LogP contribution in [0.4, 0.5) is 4.39 Å². The van der Waals surface area contributed by atoms with Crippen molar-refractivity contribution < 1.29 is 38.4 Å². The maximum atomic E-state index is 12.9. The molecule has 2 aromatic rings. The van der Waals surface area contributed by atoms with Crippen LogP contribution in [0.15, 0.2) is 40.8 Å². The topological polar surface area (TPSA) is 37.6 Å². The lowest BCUT2D eigenvalue weighted by Crippen LogP contribution is -3.00. The smallest absolute Gasteiger partial charge is 0.134 e. The number of rotatable bonds is 7. The number of benzene rings is 1. The molecule has 1 fully saturated rings. The molecule has 3 rings (SSSR count). The Morgan fingerprint density at radius 2 is 1.72 bits per heavy atom. The van der Waals surface area contributed by atoms with Gasteiger partial charge >= 0.3 is 0 Å². The Labute approximate surface area is 160 Å². The predicted molar refractivity (Wildman–Crippen MR) is 87.7 cm³/mol. The van der Waals surface area contributed by atoms with Gasteiger partial charge in [-0.2, -0.15) is 0 Å². The average Bonchev–Trinajstić information content (AvgIpc) is 3.05. The van der Waals surface area contributed by atoms with E-state index in [4.69, 9.17) is 9.15 Å². The molecule has 1 N–H and O–H groups in total. The highest BCUT2D eigenvalue weighted by Crippen LogP contribution is 2.22. The van der Waals surface area contributed by atoms with Crippen LogP contribution in [0.5, 0.6) is 0 Å². The number of morpholine rings is 1. The van der Waals surface area contributed by atoms with Gasteiger partial charge in [0.15, 0.2) is 0 Å². The Balaban J connectivity index is 0.00000156. The van der Waals surface area contributed by atoms with Gasteiger partial charge in [-0.1, -0.05) is 0 Å². The molecule has 7 heteroatoms. The SMILES string of the molecule is Fc1ccc(-c2ccc(CNCCCN3CCOCC3)o2)cc1.[Cl-].[Cl-]. The minimum atomic E-state index is -0.234. The summed E-state index contributed by atoms with van der Waals surface area (Å²) in [6.07, 6.45) is 1.12. The summed E-state index contributed by atoms with van der Waals surface area (Å²) in [5, 5.41) is 3.40. The molecule has 1 aliphatic heterocycles. The predicted octanol–water partition coefficient (Wildman–Crippen LogP) is -3.09. The summed E-state index contributed by atoms with van der Waals surface area (Å²) < 4.78 is 24.1. The summed E-state index contributed by atoms with van der Waals surface area (Å²) in [7, 11) is 0. The average molecular weight is 389 g/mol. The van der Waals surface area contributed by atoms with Crippen LogP contribution < -0.4 is 30.1 Å². The summed E-state index contributed by atoms with van der Waals surface area (Å²) in [4.78, 5) is 2.44. The molecule has 1 aliphatic rings. The van der Waals surface area contributed by atoms with E-state index < -0.39 is 0 Å². The van der Waals surface area contributed by atoms with Gasteiger partial charge in [0.25, 0.3) is 0 Å². The third kappa shape index (κ3) is 6.96. The first-order valence-corrected chi connectivity index (χ1v) is 8.17. The van der Waals surface area contributed by atoms with Crippen molar-refractivity contribution in [2.24, 2.45) is 0 Å². The van der Waals surface area contributed by atoms with E-state index in [-0.39, 0.29) is 30.6 Å². The third-order valence-corrected chi connectivity index (χ3v) is 4.02. The van der Waals surface area contributed by atoms with Crippen LogP contribution in [0.25, 0.3) is 11.3 Å². The van der Waals surface area contributed by atoms with Gasteiger partial charge in [-0.05, 0) is 55.9 Å². The zero-order valence-electron chi connectivity index (χ0n) is 14.0. The van der Waals surface area contributed by atoms with Gasteiger partial charge in [0, 0.05) is 18.7 Å². The summed E-state index contributed by atoms with van der Waals surface area (Å²) in [5.74, 6) is 1.44. The molecule has 0 unspecified atom stereocenters. The van der Waals surface area contributed by atoms with E-state index in [0.717, 1.165) is 62.9 Å². The number of ether oxygens (including phenoxy) is 1. The van der Waals surface area contributed by atoms with Crippen LogP contribution in [0.1, 0.15) is 12.2 Å². The number of halogens is 3. The number of hydrogen-bond donors (Lipinski definition) is 1. The van der Waals surface area contributed by atoms with Gasteiger partial charge in [0.1, 0.15) is 17.3 Å². The standard InChI is InChI=1S/C18H23FN2O2.2ClH/c19-16-4-2-15(3-5-16)18-7-6-17(23-18)14-20-8-1-9-21-10-12-22-13-11-21;;/h2-7,20H,1,8-14H2;2*1H/p-2. The van der Waals surface area contributed by atoms with Crippen molar-refractivity contribution in [3.8, 4) is 11.3 Å². The van der Waals surface area contributed by atoms with E-state index in [9.17, 15) is 4.39 Å². The van der Waals surface area contributed by atoms with Crippen LogP contribution in [-0.2, 0) is 11.3 Å². The number of nitrogens with zero attached hydrogens (tertiary/aromatic N) is 1. The van der Waals surface area contributed by atoms with Crippen molar-refractivity contribution in [2.75, 3.05) is 39.4 Å². The van der Waals surface area contributed by atoms with E-state index in [1.807, 2.05) is 12.1 Å². The highest BCUT2D eigenvalue weighted by atomic mass is 35.5. The zero-order chi connectivity index (χ0) is 15.9. The molecule has 1 aromatic heterocycles. The van der Waals surface area contributed by atoms with E-state index in [0.29, 0.717) is 6.54 Å². The van der Waals surface area contributed by atoms with Crippen LogP contribution in [-0.4, -0.2) is 44.3 Å². The lowest BCUT2D eigenvalue weighted by Gasteiger charge is -2.26. The molecule has 0 amide bonds. The van der Waals surface area contributed by atoms with Crippen LogP contribution in [0.2, 0.25) is 0 Å². The van der Waals surface area contributed by atoms with Crippen molar-refractivity contribution in [3.05, 3.63) is 48.0 Å². The van der Waals surface area contributed by atoms with Crippen molar-refractivity contribution in [2.45, 2.75) is 13.0 Å². The maximum Gasteiger partial charge on any atom is 0.134 e. The molecule has 0 bridgehead atoms. The Morgan fingerprint density at radius 1 is 1.00 bits per heavy atom. The monoisotopic (exact) mass is 388 g/mol. The maximum absolute atomic E-state index is 12.9. The Kier molecular flexibility index (Phi) is 10.1. The summed E-state index contributed by atoms with van der Waals surface area (Å²) in [6.45, 7) is 6.57. The first-order valence-electron chi connectivity index (χ1n) is 8.17. The molecule has 140 valence electrons. The molecule has 0 radical (unpaired) electrons. The van der Waals surface area contributed by atoms with Crippen molar-refractivity contribution >= 4 is 0 Å². The molecule has 0 aliphatic carbocycles. The fourth-order valence-electron chi connectivity index (χ4n) is 2.71. The Morgan fingerprint density at radius 3 is 2.44 bits per heavy atom. The Bertz CT molecular complexity index is 601. The zero-order valence-corrected chi connectivity index (χ0v) is 15.5. The highest BCUT2D eigenvalue weighted by Gasteiger charge is 2.09. The molecule has 2 heterocycles. The minimum absolute atomic E-state index is 0. The van der Waals surface area contributed by atoms with E-state index >= 15 is 0 Å². The number of hydrogen-bond acceptors (Lipinski definition) is 4. The molecular formula is C18H23Cl2FN2O2-2. The Hall–Kier alpha value is -1.11. The second kappa shape index (κ2) is 11.5. The molecule has 1 aromatic carbocycles. The number of furan rings is 1. The van der Waals surface area contributed by atoms with Gasteiger partial charge in [-0.3, -0.25) is 4.90 Å². The number of nitrogens with one attached hydrogen (secondary N) is 1. The van der Waals surface area contributed by atoms with Crippen LogP contribution in [0.3, 0.4) is 0 Å². The van der Waals surface area contributed by atoms with Crippen molar-refractivity contribution in [3.63, 3.8) is 0 Å².